The Morgan fingerprint density at radius 3 is 1.86 bits per heavy atom. The van der Waals surface area contributed by atoms with Crippen molar-refractivity contribution in [2.75, 3.05) is 7.05 Å². The molecule has 0 bridgehead atoms. The Balaban J connectivity index is 0.000000500. The smallest absolute Gasteiger partial charge is 0.0619 e. The fraction of sp³-hybridized carbons (Fsp3) is 1.00. The highest BCUT2D eigenvalue weighted by atomic mass is 32.1. The lowest BCUT2D eigenvalue weighted by atomic mass is 9.75. The second kappa shape index (κ2) is 6.70. The van der Waals surface area contributed by atoms with Crippen LogP contribution in [0.15, 0.2) is 0 Å². The van der Waals surface area contributed by atoms with E-state index in [1.54, 1.807) is 7.05 Å². The van der Waals surface area contributed by atoms with Crippen molar-refractivity contribution in [2.24, 2.45) is 11.8 Å². The summed E-state index contributed by atoms with van der Waals surface area (Å²) in [4.78, 5) is 0. The lowest BCUT2D eigenvalue weighted by molar-refractivity contribution is -0.00466. The molecule has 0 aromatic rings. The number of hydrogen-bond acceptors (Lipinski definition) is 3. The minimum absolute atomic E-state index is 0.444. The molecule has 1 fully saturated rings. The molecule has 0 aliphatic heterocycles. The Bertz CT molecular complexity index is 137. The standard InChI is InChI=1S/C10H20O.CH5NS/c1-8-4-6-9(7-5-8)10(2,3)11;1-2-3/h8-9,11H,4-7H2,1-3H3;2-3H,1H3. The molecule has 0 spiro atoms. The summed E-state index contributed by atoms with van der Waals surface area (Å²) in [5.41, 5.74) is -0.444. The number of aliphatic hydroxyl groups is 1. The summed E-state index contributed by atoms with van der Waals surface area (Å²) in [5.74, 6) is 1.42. The molecule has 0 aromatic heterocycles. The molecule has 1 saturated carbocycles. The minimum atomic E-state index is -0.444. The summed E-state index contributed by atoms with van der Waals surface area (Å²) in [6.07, 6.45) is 5.03. The summed E-state index contributed by atoms with van der Waals surface area (Å²) in [6.45, 7) is 6.18. The lowest BCUT2D eigenvalue weighted by Gasteiger charge is -2.34. The van der Waals surface area contributed by atoms with Crippen molar-refractivity contribution in [1.82, 2.24) is 4.72 Å². The fourth-order valence-corrected chi connectivity index (χ4v) is 1.97. The second-order valence-electron chi connectivity index (χ2n) is 4.83. The monoisotopic (exact) mass is 219 g/mol. The molecular formula is C11H25NOS. The zero-order chi connectivity index (χ0) is 11.2. The van der Waals surface area contributed by atoms with E-state index in [9.17, 15) is 5.11 Å². The van der Waals surface area contributed by atoms with Crippen LogP contribution in [0.5, 0.6) is 0 Å². The van der Waals surface area contributed by atoms with Gasteiger partial charge in [-0.15, -0.1) is 0 Å². The summed E-state index contributed by atoms with van der Waals surface area (Å²) in [6, 6.07) is 0. The van der Waals surface area contributed by atoms with E-state index in [0.29, 0.717) is 5.92 Å². The summed E-state index contributed by atoms with van der Waals surface area (Å²) in [7, 11) is 1.74. The van der Waals surface area contributed by atoms with Crippen LogP contribution >= 0.6 is 12.8 Å². The molecule has 0 heterocycles. The number of rotatable bonds is 1. The summed E-state index contributed by atoms with van der Waals surface area (Å²) < 4.78 is 2.44. The highest BCUT2D eigenvalue weighted by molar-refractivity contribution is 7.78. The zero-order valence-corrected chi connectivity index (χ0v) is 10.8. The van der Waals surface area contributed by atoms with E-state index in [1.165, 1.54) is 25.7 Å². The minimum Gasteiger partial charge on any atom is -0.390 e. The van der Waals surface area contributed by atoms with Gasteiger partial charge in [0.1, 0.15) is 0 Å². The van der Waals surface area contributed by atoms with Crippen LogP contribution in [0.4, 0.5) is 0 Å². The van der Waals surface area contributed by atoms with Crippen molar-refractivity contribution in [3.8, 4) is 0 Å². The number of nitrogens with one attached hydrogen (secondary N) is 1. The molecule has 3 heteroatoms. The van der Waals surface area contributed by atoms with E-state index in [1.807, 2.05) is 13.8 Å². The van der Waals surface area contributed by atoms with E-state index in [0.717, 1.165) is 5.92 Å². The molecule has 0 radical (unpaired) electrons. The average Bonchev–Trinajstić information content (AvgIpc) is 2.04. The fourth-order valence-electron chi connectivity index (χ4n) is 1.97. The van der Waals surface area contributed by atoms with E-state index in [4.69, 9.17) is 0 Å². The molecule has 0 amide bonds. The SMILES string of the molecule is CC1CCC(C(C)(C)O)CC1.CNS. The average molecular weight is 219 g/mol. The van der Waals surface area contributed by atoms with Gasteiger partial charge in [-0.25, -0.2) is 0 Å². The van der Waals surface area contributed by atoms with E-state index >= 15 is 0 Å². The van der Waals surface area contributed by atoms with Gasteiger partial charge in [-0.1, -0.05) is 32.6 Å². The highest BCUT2D eigenvalue weighted by Gasteiger charge is 2.29. The van der Waals surface area contributed by atoms with Crippen molar-refractivity contribution >= 4 is 12.8 Å². The highest BCUT2D eigenvalue weighted by Crippen LogP contribution is 2.34. The topological polar surface area (TPSA) is 32.3 Å². The van der Waals surface area contributed by atoms with E-state index in [-0.39, 0.29) is 0 Å². The van der Waals surface area contributed by atoms with Crippen molar-refractivity contribution in [3.63, 3.8) is 0 Å². The first kappa shape index (κ1) is 14.3. The second-order valence-corrected chi connectivity index (χ2v) is 5.28. The van der Waals surface area contributed by atoms with Crippen LogP contribution in [-0.2, 0) is 0 Å². The molecule has 0 unspecified atom stereocenters. The third-order valence-electron chi connectivity index (χ3n) is 3.01. The van der Waals surface area contributed by atoms with Crippen LogP contribution in [0.2, 0.25) is 0 Å². The molecule has 14 heavy (non-hydrogen) atoms. The predicted octanol–water partition coefficient (Wildman–Crippen LogP) is 2.63. The van der Waals surface area contributed by atoms with Gasteiger partial charge in [-0.2, -0.15) is 0 Å². The molecule has 0 saturated heterocycles. The number of hydrogen-bond donors (Lipinski definition) is 3. The van der Waals surface area contributed by atoms with Crippen LogP contribution in [0.1, 0.15) is 46.5 Å². The van der Waals surface area contributed by atoms with Crippen molar-refractivity contribution in [1.29, 1.82) is 0 Å². The molecule has 1 aliphatic rings. The van der Waals surface area contributed by atoms with Crippen molar-refractivity contribution in [2.45, 2.75) is 52.1 Å². The lowest BCUT2D eigenvalue weighted by Crippen LogP contribution is -2.33. The van der Waals surface area contributed by atoms with Gasteiger partial charge >= 0.3 is 0 Å². The Kier molecular flexibility index (Phi) is 6.83. The first-order valence-electron chi connectivity index (χ1n) is 5.45. The Morgan fingerprint density at radius 1 is 1.21 bits per heavy atom. The van der Waals surface area contributed by atoms with Gasteiger partial charge < -0.3 is 5.11 Å². The van der Waals surface area contributed by atoms with Gasteiger partial charge in [0.15, 0.2) is 0 Å². The van der Waals surface area contributed by atoms with Gasteiger partial charge in [0.05, 0.1) is 5.60 Å². The van der Waals surface area contributed by atoms with Gasteiger partial charge in [0, 0.05) is 0 Å². The Labute approximate surface area is 94.0 Å². The normalized spacial score (nSPS) is 27.9. The first-order valence-corrected chi connectivity index (χ1v) is 5.89. The first-order chi connectivity index (χ1) is 6.41. The van der Waals surface area contributed by atoms with Gasteiger partial charge in [-0.3, -0.25) is 4.72 Å². The third-order valence-corrected chi connectivity index (χ3v) is 3.01. The van der Waals surface area contributed by atoms with E-state index in [2.05, 4.69) is 24.5 Å². The van der Waals surface area contributed by atoms with Crippen LogP contribution in [-0.4, -0.2) is 17.8 Å². The maximum Gasteiger partial charge on any atom is 0.0619 e. The van der Waals surface area contributed by atoms with Crippen LogP contribution < -0.4 is 4.72 Å². The van der Waals surface area contributed by atoms with Gasteiger partial charge in [0.2, 0.25) is 0 Å². The largest absolute Gasteiger partial charge is 0.390 e. The molecule has 1 aliphatic carbocycles. The van der Waals surface area contributed by atoms with E-state index < -0.39 is 5.60 Å². The van der Waals surface area contributed by atoms with Crippen LogP contribution in [0, 0.1) is 11.8 Å². The number of thiol groups is 1. The summed E-state index contributed by atoms with van der Waals surface area (Å²) in [5, 5.41) is 9.73. The Morgan fingerprint density at radius 2 is 1.57 bits per heavy atom. The third kappa shape index (κ3) is 5.89. The maximum atomic E-state index is 9.73. The Hall–Kier alpha value is 0.270. The predicted molar refractivity (Wildman–Crippen MR) is 65.5 cm³/mol. The molecule has 86 valence electrons. The van der Waals surface area contributed by atoms with Crippen molar-refractivity contribution in [3.05, 3.63) is 0 Å². The molecule has 2 nitrogen and oxygen atoms in total. The molecule has 0 atom stereocenters. The van der Waals surface area contributed by atoms with Crippen LogP contribution in [0.3, 0.4) is 0 Å². The maximum absolute atomic E-state index is 9.73. The summed E-state index contributed by atoms with van der Waals surface area (Å²) >= 11 is 3.54. The van der Waals surface area contributed by atoms with Gasteiger partial charge in [-0.05, 0) is 45.6 Å². The molecule has 2 N–H and O–H groups in total. The quantitative estimate of drug-likeness (QED) is 0.592. The van der Waals surface area contributed by atoms with Gasteiger partial charge in [0.25, 0.3) is 0 Å². The zero-order valence-electron chi connectivity index (χ0n) is 9.88. The molecule has 0 aromatic carbocycles. The van der Waals surface area contributed by atoms with Crippen molar-refractivity contribution < 1.29 is 5.11 Å². The van der Waals surface area contributed by atoms with Crippen LogP contribution in [0.25, 0.3) is 0 Å². The molecular weight excluding hydrogens is 194 g/mol. The molecule has 1 rings (SSSR count).